The predicted molar refractivity (Wildman–Crippen MR) is 88.4 cm³/mol. The first kappa shape index (κ1) is 15.4. The van der Waals surface area contributed by atoms with E-state index in [-0.39, 0.29) is 17.9 Å². The molecule has 3 rings (SSSR count). The van der Waals surface area contributed by atoms with Crippen LogP contribution in [0.15, 0.2) is 23.1 Å². The number of benzene rings is 1. The van der Waals surface area contributed by atoms with Gasteiger partial charge in [-0.05, 0) is 50.9 Å². The third-order valence-corrected chi connectivity index (χ3v) is 5.40. The van der Waals surface area contributed by atoms with Crippen LogP contribution >= 0.6 is 11.8 Å². The molecule has 1 saturated carbocycles. The Bertz CT molecular complexity index is 583. The van der Waals surface area contributed by atoms with Crippen LogP contribution in [-0.4, -0.2) is 36.7 Å². The fourth-order valence-electron chi connectivity index (χ4n) is 3.01. The normalized spacial score (nSPS) is 24.3. The Morgan fingerprint density at radius 1 is 1.23 bits per heavy atom. The Balaban J connectivity index is 1.62. The van der Waals surface area contributed by atoms with E-state index in [1.54, 1.807) is 6.07 Å². The number of fused-ring (bicyclic) bond motifs is 1. The van der Waals surface area contributed by atoms with Crippen molar-refractivity contribution in [3.05, 3.63) is 23.8 Å². The van der Waals surface area contributed by atoms with Gasteiger partial charge in [0, 0.05) is 22.5 Å². The van der Waals surface area contributed by atoms with Gasteiger partial charge in [0.05, 0.1) is 11.4 Å². The quantitative estimate of drug-likeness (QED) is 0.797. The lowest BCUT2D eigenvalue weighted by Crippen LogP contribution is -2.41. The van der Waals surface area contributed by atoms with E-state index in [0.29, 0.717) is 17.4 Å². The Morgan fingerprint density at radius 2 is 1.95 bits per heavy atom. The molecule has 0 spiro atoms. The molecule has 0 saturated heterocycles. The van der Waals surface area contributed by atoms with Gasteiger partial charge >= 0.3 is 0 Å². The number of rotatable bonds is 3. The average molecular weight is 319 g/mol. The number of nitrogens with one attached hydrogen (secondary N) is 3. The molecule has 0 radical (unpaired) electrons. The van der Waals surface area contributed by atoms with Crippen LogP contribution in [0.25, 0.3) is 0 Å². The molecule has 1 heterocycles. The first-order chi connectivity index (χ1) is 10.7. The van der Waals surface area contributed by atoms with Crippen LogP contribution in [0.3, 0.4) is 0 Å². The van der Waals surface area contributed by atoms with Crippen molar-refractivity contribution in [3.8, 4) is 0 Å². The van der Waals surface area contributed by atoms with Crippen LogP contribution in [0, 0.1) is 0 Å². The molecule has 3 N–H and O–H groups in total. The lowest BCUT2D eigenvalue weighted by molar-refractivity contribution is -0.113. The van der Waals surface area contributed by atoms with Crippen molar-refractivity contribution in [2.75, 3.05) is 18.1 Å². The summed E-state index contributed by atoms with van der Waals surface area (Å²) in [5.74, 6) is 0.399. The number of carbonyl (C=O) groups excluding carboxylic acids is 2. The van der Waals surface area contributed by atoms with Crippen LogP contribution in [0.4, 0.5) is 5.69 Å². The maximum Gasteiger partial charge on any atom is 0.251 e. The summed E-state index contributed by atoms with van der Waals surface area (Å²) in [5.41, 5.74) is 1.46. The first-order valence-electron chi connectivity index (χ1n) is 7.70. The van der Waals surface area contributed by atoms with Gasteiger partial charge in [-0.3, -0.25) is 9.59 Å². The zero-order chi connectivity index (χ0) is 15.5. The molecule has 5 nitrogen and oxygen atoms in total. The molecule has 0 bridgehead atoms. The predicted octanol–water partition coefficient (Wildman–Crippen LogP) is 1.99. The van der Waals surface area contributed by atoms with E-state index in [1.807, 2.05) is 19.2 Å². The number of carbonyl (C=O) groups is 2. The second-order valence-electron chi connectivity index (χ2n) is 5.86. The number of hydrogen-bond acceptors (Lipinski definition) is 4. The van der Waals surface area contributed by atoms with Crippen LogP contribution in [0.2, 0.25) is 0 Å². The Kier molecular flexibility index (Phi) is 4.69. The van der Waals surface area contributed by atoms with Crippen molar-refractivity contribution in [1.82, 2.24) is 10.6 Å². The van der Waals surface area contributed by atoms with Crippen molar-refractivity contribution in [1.29, 1.82) is 0 Å². The molecule has 0 unspecified atom stereocenters. The van der Waals surface area contributed by atoms with E-state index in [1.165, 1.54) is 11.8 Å². The van der Waals surface area contributed by atoms with E-state index in [4.69, 9.17) is 0 Å². The second kappa shape index (κ2) is 6.71. The van der Waals surface area contributed by atoms with Crippen LogP contribution in [0.1, 0.15) is 36.0 Å². The first-order valence-corrected chi connectivity index (χ1v) is 8.69. The highest BCUT2D eigenvalue weighted by molar-refractivity contribution is 8.00. The highest BCUT2D eigenvalue weighted by atomic mass is 32.2. The molecule has 0 aromatic heterocycles. The van der Waals surface area contributed by atoms with E-state index < -0.39 is 0 Å². The van der Waals surface area contributed by atoms with Crippen molar-refractivity contribution in [2.45, 2.75) is 42.7 Å². The standard InChI is InChI=1S/C16H21N3O2S/c1-17-11-3-5-12(6-4-11)18-16(21)10-2-7-13-14(8-10)22-9-15(20)19-13/h2,7-8,11-12,17H,3-6,9H2,1H3,(H,18,21)(H,19,20). The molecule has 6 heteroatoms. The molecule has 22 heavy (non-hydrogen) atoms. The van der Waals surface area contributed by atoms with Gasteiger partial charge in [-0.1, -0.05) is 0 Å². The second-order valence-corrected chi connectivity index (χ2v) is 6.88. The van der Waals surface area contributed by atoms with Crippen molar-refractivity contribution < 1.29 is 9.59 Å². The molecular formula is C16H21N3O2S. The van der Waals surface area contributed by atoms with E-state index >= 15 is 0 Å². The zero-order valence-corrected chi connectivity index (χ0v) is 13.5. The van der Waals surface area contributed by atoms with Crippen molar-refractivity contribution in [2.24, 2.45) is 0 Å². The van der Waals surface area contributed by atoms with Gasteiger partial charge in [0.25, 0.3) is 5.91 Å². The number of thioether (sulfide) groups is 1. The Hall–Kier alpha value is -1.53. The molecule has 1 aliphatic heterocycles. The maximum atomic E-state index is 12.4. The molecule has 1 aromatic rings. The van der Waals surface area contributed by atoms with Crippen LogP contribution in [-0.2, 0) is 4.79 Å². The van der Waals surface area contributed by atoms with Gasteiger partial charge in [-0.15, -0.1) is 11.8 Å². The largest absolute Gasteiger partial charge is 0.349 e. The molecule has 1 aliphatic carbocycles. The summed E-state index contributed by atoms with van der Waals surface area (Å²) in [6.07, 6.45) is 4.25. The zero-order valence-electron chi connectivity index (χ0n) is 12.6. The highest BCUT2D eigenvalue weighted by Gasteiger charge is 2.22. The van der Waals surface area contributed by atoms with Crippen molar-refractivity contribution in [3.63, 3.8) is 0 Å². The summed E-state index contributed by atoms with van der Waals surface area (Å²) in [6.45, 7) is 0. The summed E-state index contributed by atoms with van der Waals surface area (Å²) in [6, 6.07) is 6.30. The van der Waals surface area contributed by atoms with Gasteiger partial charge in [0.2, 0.25) is 5.91 Å². The smallest absolute Gasteiger partial charge is 0.251 e. The van der Waals surface area contributed by atoms with Gasteiger partial charge in [0.15, 0.2) is 0 Å². The number of hydrogen-bond donors (Lipinski definition) is 3. The fraction of sp³-hybridized carbons (Fsp3) is 0.500. The summed E-state index contributed by atoms with van der Waals surface area (Å²) in [7, 11) is 1.99. The van der Waals surface area contributed by atoms with Gasteiger partial charge in [0.1, 0.15) is 0 Å². The molecule has 1 aromatic carbocycles. The monoisotopic (exact) mass is 319 g/mol. The minimum absolute atomic E-state index is 0.0102. The minimum atomic E-state index is -0.0202. The molecule has 2 amide bonds. The average Bonchev–Trinajstić information content (AvgIpc) is 2.55. The van der Waals surface area contributed by atoms with Crippen molar-refractivity contribution >= 4 is 29.3 Å². The molecule has 118 valence electrons. The maximum absolute atomic E-state index is 12.4. The summed E-state index contributed by atoms with van der Waals surface area (Å²) in [4.78, 5) is 24.7. The van der Waals surface area contributed by atoms with Gasteiger partial charge in [-0.2, -0.15) is 0 Å². The molecule has 2 aliphatic rings. The Labute approximate surface area is 134 Å². The Morgan fingerprint density at radius 3 is 2.68 bits per heavy atom. The molecule has 1 fully saturated rings. The van der Waals surface area contributed by atoms with Gasteiger partial charge < -0.3 is 16.0 Å². The van der Waals surface area contributed by atoms with Crippen LogP contribution < -0.4 is 16.0 Å². The topological polar surface area (TPSA) is 70.2 Å². The summed E-state index contributed by atoms with van der Waals surface area (Å²) >= 11 is 1.48. The third kappa shape index (κ3) is 3.44. The number of anilines is 1. The SMILES string of the molecule is CNC1CCC(NC(=O)c2ccc3c(c2)SCC(=O)N3)CC1. The lowest BCUT2D eigenvalue weighted by atomic mass is 9.91. The van der Waals surface area contributed by atoms with E-state index in [0.717, 1.165) is 36.3 Å². The van der Waals surface area contributed by atoms with E-state index in [2.05, 4.69) is 16.0 Å². The summed E-state index contributed by atoms with van der Waals surface area (Å²) < 4.78 is 0. The van der Waals surface area contributed by atoms with Gasteiger partial charge in [-0.25, -0.2) is 0 Å². The lowest BCUT2D eigenvalue weighted by Gasteiger charge is -2.29. The molecule has 0 atom stereocenters. The highest BCUT2D eigenvalue weighted by Crippen LogP contribution is 2.32. The third-order valence-electron chi connectivity index (χ3n) is 4.35. The van der Waals surface area contributed by atoms with Crippen LogP contribution in [0.5, 0.6) is 0 Å². The van der Waals surface area contributed by atoms with E-state index in [9.17, 15) is 9.59 Å². The fourth-order valence-corrected chi connectivity index (χ4v) is 3.85. The number of amides is 2. The summed E-state index contributed by atoms with van der Waals surface area (Å²) in [5, 5.41) is 9.25. The molecular weight excluding hydrogens is 298 g/mol. The minimum Gasteiger partial charge on any atom is -0.349 e.